The van der Waals surface area contributed by atoms with Crippen molar-refractivity contribution in [3.63, 3.8) is 0 Å². The monoisotopic (exact) mass is 308 g/mol. The molecule has 1 aliphatic rings. The number of sulfonamides is 1. The zero-order chi connectivity index (χ0) is 13.2. The first-order valence-corrected chi connectivity index (χ1v) is 7.61. The molecule has 9 heteroatoms. The van der Waals surface area contributed by atoms with Gasteiger partial charge in [0, 0.05) is 6.54 Å². The van der Waals surface area contributed by atoms with Gasteiger partial charge in [0.25, 0.3) is 10.0 Å². The molecule has 0 spiro atoms. The quantitative estimate of drug-likeness (QED) is 0.618. The molecular weight excluding hydrogens is 300 g/mol. The fraction of sp³-hybridized carbons (Fsp3) is 0.444. The number of ether oxygens (including phenoxy) is 1. The third-order valence-electron chi connectivity index (χ3n) is 2.37. The molecule has 0 saturated carbocycles. The number of isocyanates is 1. The predicted molar refractivity (Wildman–Crippen MR) is 65.9 cm³/mol. The van der Waals surface area contributed by atoms with Crippen LogP contribution in [0.4, 0.5) is 0 Å². The lowest BCUT2D eigenvalue weighted by Gasteiger charge is -2.30. The predicted octanol–water partition coefficient (Wildman–Crippen LogP) is 1.08. The molecule has 0 radical (unpaired) electrons. The van der Waals surface area contributed by atoms with Gasteiger partial charge < -0.3 is 4.74 Å². The second kappa shape index (κ2) is 5.48. The van der Waals surface area contributed by atoms with E-state index in [9.17, 15) is 13.2 Å². The van der Waals surface area contributed by atoms with Crippen molar-refractivity contribution in [3.05, 3.63) is 16.5 Å². The molecule has 0 aromatic carbocycles. The third kappa shape index (κ3) is 2.64. The largest absolute Gasteiger partial charge is 0.376 e. The molecule has 1 aromatic rings. The van der Waals surface area contributed by atoms with Gasteiger partial charge in [-0.3, -0.25) is 0 Å². The first-order valence-electron chi connectivity index (χ1n) is 4.97. The van der Waals surface area contributed by atoms with Crippen molar-refractivity contribution in [3.8, 4) is 0 Å². The Hall–Kier alpha value is -0.760. The first-order chi connectivity index (χ1) is 8.55. The highest BCUT2D eigenvalue weighted by molar-refractivity contribution is 7.91. The molecule has 0 amide bonds. The van der Waals surface area contributed by atoms with Crippen LogP contribution in [0.1, 0.15) is 0 Å². The SMILES string of the molecule is O=C=NC1COCCN1S(=O)(=O)c1ccc(Cl)s1. The van der Waals surface area contributed by atoms with Crippen molar-refractivity contribution >= 4 is 39.0 Å². The molecule has 1 aliphatic heterocycles. The molecular formula is C9H9ClN2O4S2. The Morgan fingerprint density at radius 3 is 2.94 bits per heavy atom. The number of morpholine rings is 1. The molecule has 2 rings (SSSR count). The Bertz CT molecular complexity index is 579. The molecule has 6 nitrogen and oxygen atoms in total. The minimum absolute atomic E-state index is 0.0492. The van der Waals surface area contributed by atoms with Crippen molar-refractivity contribution in [1.29, 1.82) is 0 Å². The van der Waals surface area contributed by atoms with Crippen molar-refractivity contribution in [2.45, 2.75) is 10.4 Å². The Balaban J connectivity index is 2.35. The maximum Gasteiger partial charge on any atom is 0.254 e. The number of hydrogen-bond donors (Lipinski definition) is 0. The van der Waals surface area contributed by atoms with Crippen molar-refractivity contribution in [1.82, 2.24) is 4.31 Å². The van der Waals surface area contributed by atoms with E-state index in [1.807, 2.05) is 0 Å². The van der Waals surface area contributed by atoms with E-state index in [2.05, 4.69) is 4.99 Å². The summed E-state index contributed by atoms with van der Waals surface area (Å²) >= 11 is 6.69. The van der Waals surface area contributed by atoms with E-state index in [0.29, 0.717) is 4.34 Å². The summed E-state index contributed by atoms with van der Waals surface area (Å²) in [6.07, 6.45) is 0.503. The summed E-state index contributed by atoms with van der Waals surface area (Å²) in [5, 5.41) is 0. The smallest absolute Gasteiger partial charge is 0.254 e. The molecule has 2 heterocycles. The molecule has 1 saturated heterocycles. The lowest BCUT2D eigenvalue weighted by atomic mass is 10.4. The van der Waals surface area contributed by atoms with Crippen LogP contribution in [-0.2, 0) is 19.6 Å². The number of thiophene rings is 1. The average Bonchev–Trinajstić information content (AvgIpc) is 2.78. The first kappa shape index (κ1) is 13.7. The number of nitrogens with zero attached hydrogens (tertiary/aromatic N) is 2. The zero-order valence-electron chi connectivity index (χ0n) is 9.08. The second-order valence-electron chi connectivity index (χ2n) is 3.45. The van der Waals surface area contributed by atoms with Gasteiger partial charge in [-0.1, -0.05) is 11.6 Å². The third-order valence-corrected chi connectivity index (χ3v) is 5.96. The number of halogens is 1. The van der Waals surface area contributed by atoms with E-state index >= 15 is 0 Å². The minimum atomic E-state index is -3.70. The fourth-order valence-corrected chi connectivity index (χ4v) is 4.68. The van der Waals surface area contributed by atoms with Gasteiger partial charge in [0.2, 0.25) is 6.08 Å². The van der Waals surface area contributed by atoms with E-state index < -0.39 is 16.2 Å². The van der Waals surface area contributed by atoms with Gasteiger partial charge in [-0.15, -0.1) is 11.3 Å². The van der Waals surface area contributed by atoms with Crippen LogP contribution in [0.3, 0.4) is 0 Å². The van der Waals surface area contributed by atoms with Gasteiger partial charge in [-0.2, -0.15) is 9.30 Å². The van der Waals surface area contributed by atoms with Crippen molar-refractivity contribution in [2.75, 3.05) is 19.8 Å². The van der Waals surface area contributed by atoms with Crippen molar-refractivity contribution < 1.29 is 17.9 Å². The molecule has 0 aliphatic carbocycles. The zero-order valence-corrected chi connectivity index (χ0v) is 11.5. The summed E-state index contributed by atoms with van der Waals surface area (Å²) in [5.41, 5.74) is 0. The molecule has 0 bridgehead atoms. The molecule has 1 unspecified atom stereocenters. The topological polar surface area (TPSA) is 76.0 Å². The lowest BCUT2D eigenvalue weighted by Crippen LogP contribution is -2.47. The van der Waals surface area contributed by atoms with Crippen LogP contribution in [0, 0.1) is 0 Å². The summed E-state index contributed by atoms with van der Waals surface area (Å²) in [6.45, 7) is 0.463. The molecule has 98 valence electrons. The van der Waals surface area contributed by atoms with Gasteiger partial charge in [0.15, 0.2) is 6.17 Å². The molecule has 0 N–H and O–H groups in total. The van der Waals surface area contributed by atoms with Crippen LogP contribution in [0.25, 0.3) is 0 Å². The highest BCUT2D eigenvalue weighted by Crippen LogP contribution is 2.29. The van der Waals surface area contributed by atoms with E-state index in [-0.39, 0.29) is 24.0 Å². The molecule has 1 fully saturated rings. The maximum absolute atomic E-state index is 12.3. The summed E-state index contributed by atoms with van der Waals surface area (Å²) < 4.78 is 31.4. The van der Waals surface area contributed by atoms with Gasteiger partial charge in [0.1, 0.15) is 4.21 Å². The lowest BCUT2D eigenvalue weighted by molar-refractivity contribution is 0.0360. The number of hydrogen-bond acceptors (Lipinski definition) is 6. The molecule has 18 heavy (non-hydrogen) atoms. The Kier molecular flexibility index (Phi) is 4.16. The Morgan fingerprint density at radius 2 is 2.33 bits per heavy atom. The van der Waals surface area contributed by atoms with Crippen LogP contribution in [0.5, 0.6) is 0 Å². The van der Waals surface area contributed by atoms with Crippen LogP contribution in [0.15, 0.2) is 21.3 Å². The van der Waals surface area contributed by atoms with Gasteiger partial charge in [-0.05, 0) is 12.1 Å². The summed E-state index contributed by atoms with van der Waals surface area (Å²) in [6, 6.07) is 2.94. The van der Waals surface area contributed by atoms with E-state index in [0.717, 1.165) is 15.6 Å². The number of aliphatic imine (C=N–C) groups is 1. The van der Waals surface area contributed by atoms with Crippen LogP contribution >= 0.6 is 22.9 Å². The standard InChI is InChI=1S/C9H9ClN2O4S2/c10-7-1-2-9(17-7)18(14,15)12-3-4-16-5-8(12)11-6-13/h1-2,8H,3-5H2. The fourth-order valence-electron chi connectivity index (χ4n) is 1.57. The normalized spacial score (nSPS) is 21.5. The van der Waals surface area contributed by atoms with Gasteiger partial charge in [0.05, 0.1) is 17.6 Å². The van der Waals surface area contributed by atoms with Crippen molar-refractivity contribution in [2.24, 2.45) is 4.99 Å². The molecule has 1 atom stereocenters. The minimum Gasteiger partial charge on any atom is -0.376 e. The van der Waals surface area contributed by atoms with Gasteiger partial charge in [-0.25, -0.2) is 13.2 Å². The van der Waals surface area contributed by atoms with Crippen LogP contribution < -0.4 is 0 Å². The summed E-state index contributed by atoms with van der Waals surface area (Å²) in [5.74, 6) is 0. The summed E-state index contributed by atoms with van der Waals surface area (Å²) in [7, 11) is -3.70. The Labute approximate surface area is 113 Å². The van der Waals surface area contributed by atoms with Crippen LogP contribution in [0.2, 0.25) is 4.34 Å². The van der Waals surface area contributed by atoms with Crippen LogP contribution in [-0.4, -0.2) is 44.7 Å². The molecule has 1 aromatic heterocycles. The average molecular weight is 309 g/mol. The summed E-state index contributed by atoms with van der Waals surface area (Å²) in [4.78, 5) is 13.8. The van der Waals surface area contributed by atoms with E-state index in [1.165, 1.54) is 18.2 Å². The highest BCUT2D eigenvalue weighted by Gasteiger charge is 2.35. The van der Waals surface area contributed by atoms with Gasteiger partial charge >= 0.3 is 0 Å². The van der Waals surface area contributed by atoms with E-state index in [1.54, 1.807) is 0 Å². The number of rotatable bonds is 3. The second-order valence-corrected chi connectivity index (χ2v) is 7.28. The number of carbonyl (C=O) groups excluding carboxylic acids is 1. The highest BCUT2D eigenvalue weighted by atomic mass is 35.5. The maximum atomic E-state index is 12.3. The van der Waals surface area contributed by atoms with E-state index in [4.69, 9.17) is 16.3 Å². The Morgan fingerprint density at radius 1 is 1.56 bits per heavy atom.